The Morgan fingerprint density at radius 2 is 0.525 bits per heavy atom. The molecule has 0 spiro atoms. The second-order valence-electron chi connectivity index (χ2n) is 8.97. The third-order valence-electron chi connectivity index (χ3n) is 6.19. The lowest BCUT2D eigenvalue weighted by Gasteiger charge is -2.25. The van der Waals surface area contributed by atoms with Crippen molar-refractivity contribution < 1.29 is 0 Å². The standard InChI is InChI=1S/2C18H14BrN/c2*19-15-8-7-13-18(14-15)20(16-9-3-1-4-10-16)17-11-5-2-6-12-17/h2*1-14H. The van der Waals surface area contributed by atoms with Crippen molar-refractivity contribution in [2.24, 2.45) is 0 Å². The zero-order chi connectivity index (χ0) is 27.6. The highest BCUT2D eigenvalue weighted by molar-refractivity contribution is 9.10. The van der Waals surface area contributed by atoms with Crippen LogP contribution in [-0.2, 0) is 0 Å². The summed E-state index contributed by atoms with van der Waals surface area (Å²) in [5.41, 5.74) is 6.87. The van der Waals surface area contributed by atoms with Crippen molar-refractivity contribution in [3.63, 3.8) is 0 Å². The molecule has 0 fully saturated rings. The van der Waals surface area contributed by atoms with E-state index in [4.69, 9.17) is 0 Å². The van der Waals surface area contributed by atoms with Crippen LogP contribution in [0.3, 0.4) is 0 Å². The first-order valence-electron chi connectivity index (χ1n) is 13.0. The van der Waals surface area contributed by atoms with Crippen molar-refractivity contribution in [2.45, 2.75) is 0 Å². The summed E-state index contributed by atoms with van der Waals surface area (Å²) in [4.78, 5) is 4.48. The minimum atomic E-state index is 1.08. The van der Waals surface area contributed by atoms with Crippen LogP contribution < -0.4 is 9.80 Å². The van der Waals surface area contributed by atoms with E-state index in [-0.39, 0.29) is 0 Å². The molecule has 0 N–H and O–H groups in total. The molecule has 0 aliphatic carbocycles. The van der Waals surface area contributed by atoms with E-state index in [0.29, 0.717) is 0 Å². The highest BCUT2D eigenvalue weighted by atomic mass is 79.9. The highest BCUT2D eigenvalue weighted by Crippen LogP contribution is 2.36. The van der Waals surface area contributed by atoms with Crippen LogP contribution in [-0.4, -0.2) is 0 Å². The Labute approximate surface area is 253 Å². The first-order chi connectivity index (χ1) is 19.7. The maximum Gasteiger partial charge on any atom is 0.0472 e. The maximum atomic E-state index is 3.55. The van der Waals surface area contributed by atoms with Gasteiger partial charge < -0.3 is 9.80 Å². The maximum absolute atomic E-state index is 3.55. The molecule has 0 unspecified atom stereocenters. The molecule has 0 aromatic heterocycles. The number of hydrogen-bond acceptors (Lipinski definition) is 2. The van der Waals surface area contributed by atoms with Crippen LogP contribution in [0.1, 0.15) is 0 Å². The van der Waals surface area contributed by atoms with E-state index in [1.54, 1.807) is 0 Å². The van der Waals surface area contributed by atoms with Crippen LogP contribution in [0.4, 0.5) is 34.1 Å². The number of halogens is 2. The third-order valence-corrected chi connectivity index (χ3v) is 7.18. The van der Waals surface area contributed by atoms with Gasteiger partial charge in [-0.05, 0) is 84.9 Å². The average molecular weight is 648 g/mol. The van der Waals surface area contributed by atoms with E-state index in [0.717, 1.165) is 43.1 Å². The Morgan fingerprint density at radius 1 is 0.275 bits per heavy atom. The van der Waals surface area contributed by atoms with Crippen LogP contribution in [0.15, 0.2) is 179 Å². The van der Waals surface area contributed by atoms with Crippen LogP contribution in [0.25, 0.3) is 0 Å². The van der Waals surface area contributed by atoms with Gasteiger partial charge in [-0.15, -0.1) is 0 Å². The predicted molar refractivity (Wildman–Crippen MR) is 178 cm³/mol. The summed E-state index contributed by atoms with van der Waals surface area (Å²) >= 11 is 7.10. The van der Waals surface area contributed by atoms with E-state index in [1.807, 2.05) is 36.4 Å². The van der Waals surface area contributed by atoms with Crippen molar-refractivity contribution in [1.82, 2.24) is 0 Å². The summed E-state index contributed by atoms with van der Waals surface area (Å²) in [6.45, 7) is 0. The molecule has 0 amide bonds. The number of anilines is 6. The van der Waals surface area contributed by atoms with Crippen molar-refractivity contribution in [2.75, 3.05) is 9.80 Å². The number of nitrogens with zero attached hydrogens (tertiary/aromatic N) is 2. The fourth-order valence-corrected chi connectivity index (χ4v) is 5.21. The smallest absolute Gasteiger partial charge is 0.0472 e. The average Bonchev–Trinajstić information content (AvgIpc) is 3.00. The molecule has 196 valence electrons. The molecule has 6 rings (SSSR count). The summed E-state index contributed by atoms with van der Waals surface area (Å²) in [5, 5.41) is 0. The van der Waals surface area contributed by atoms with E-state index < -0.39 is 0 Å². The number of para-hydroxylation sites is 4. The molecule has 4 heteroatoms. The van der Waals surface area contributed by atoms with E-state index in [2.05, 4.69) is 175 Å². The van der Waals surface area contributed by atoms with Gasteiger partial charge in [-0.2, -0.15) is 0 Å². The molecule has 6 aromatic carbocycles. The minimum absolute atomic E-state index is 1.08. The van der Waals surface area contributed by atoms with E-state index in [1.165, 1.54) is 0 Å². The van der Waals surface area contributed by atoms with Crippen molar-refractivity contribution in [3.8, 4) is 0 Å². The van der Waals surface area contributed by atoms with Crippen molar-refractivity contribution >= 4 is 66.0 Å². The molecule has 0 heterocycles. The molecular formula is C36H28Br2N2. The molecule has 6 aromatic rings. The minimum Gasteiger partial charge on any atom is -0.310 e. The fourth-order valence-electron chi connectivity index (χ4n) is 4.43. The Balaban J connectivity index is 0.000000161. The molecule has 0 radical (unpaired) electrons. The molecule has 0 bridgehead atoms. The summed E-state index contributed by atoms with van der Waals surface area (Å²) in [5.74, 6) is 0. The lowest BCUT2D eigenvalue weighted by molar-refractivity contribution is 1.28. The van der Waals surface area contributed by atoms with Crippen LogP contribution in [0.2, 0.25) is 0 Å². The van der Waals surface area contributed by atoms with E-state index >= 15 is 0 Å². The van der Waals surface area contributed by atoms with Gasteiger partial charge in [0.1, 0.15) is 0 Å². The van der Waals surface area contributed by atoms with Crippen LogP contribution in [0.5, 0.6) is 0 Å². The topological polar surface area (TPSA) is 6.48 Å². The van der Waals surface area contributed by atoms with Gasteiger partial charge in [0, 0.05) is 43.1 Å². The van der Waals surface area contributed by atoms with Gasteiger partial charge in [-0.3, -0.25) is 0 Å². The number of rotatable bonds is 6. The highest BCUT2D eigenvalue weighted by Gasteiger charge is 2.12. The largest absolute Gasteiger partial charge is 0.310 e. The Hall–Kier alpha value is -4.12. The zero-order valence-electron chi connectivity index (χ0n) is 21.8. The van der Waals surface area contributed by atoms with Gasteiger partial charge >= 0.3 is 0 Å². The first kappa shape index (κ1) is 27.4. The second-order valence-corrected chi connectivity index (χ2v) is 10.8. The summed E-state index contributed by atoms with van der Waals surface area (Å²) in [7, 11) is 0. The third kappa shape index (κ3) is 7.09. The van der Waals surface area contributed by atoms with Gasteiger partial charge in [0.05, 0.1) is 0 Å². The number of benzene rings is 6. The quantitative estimate of drug-likeness (QED) is 0.177. The van der Waals surface area contributed by atoms with Gasteiger partial charge in [0.2, 0.25) is 0 Å². The second kappa shape index (κ2) is 13.8. The summed E-state index contributed by atoms with van der Waals surface area (Å²) in [6.07, 6.45) is 0. The predicted octanol–water partition coefficient (Wildman–Crippen LogP) is 11.8. The molecule has 2 nitrogen and oxygen atoms in total. The monoisotopic (exact) mass is 646 g/mol. The molecule has 0 aliphatic heterocycles. The zero-order valence-corrected chi connectivity index (χ0v) is 25.0. The van der Waals surface area contributed by atoms with Crippen LogP contribution >= 0.6 is 31.9 Å². The van der Waals surface area contributed by atoms with Gasteiger partial charge in [0.25, 0.3) is 0 Å². The molecule has 40 heavy (non-hydrogen) atoms. The normalized spacial score (nSPS) is 10.2. The van der Waals surface area contributed by atoms with Gasteiger partial charge in [-0.1, -0.05) is 117 Å². The molecular weight excluding hydrogens is 620 g/mol. The lowest BCUT2D eigenvalue weighted by atomic mass is 10.2. The molecule has 0 saturated carbocycles. The number of hydrogen-bond donors (Lipinski definition) is 0. The lowest BCUT2D eigenvalue weighted by Crippen LogP contribution is -2.09. The van der Waals surface area contributed by atoms with Crippen LogP contribution in [0, 0.1) is 0 Å². The van der Waals surface area contributed by atoms with Crippen molar-refractivity contribution in [3.05, 3.63) is 179 Å². The molecule has 0 aliphatic rings. The Morgan fingerprint density at radius 3 is 0.775 bits per heavy atom. The Kier molecular flexibility index (Phi) is 9.46. The summed E-state index contributed by atoms with van der Waals surface area (Å²) < 4.78 is 2.15. The Bertz CT molecular complexity index is 1410. The van der Waals surface area contributed by atoms with Gasteiger partial charge in [0.15, 0.2) is 0 Å². The summed E-state index contributed by atoms with van der Waals surface area (Å²) in [6, 6.07) is 58.2. The van der Waals surface area contributed by atoms with Gasteiger partial charge in [-0.25, -0.2) is 0 Å². The SMILES string of the molecule is Brc1cccc(N(c2ccccc2)c2ccccc2)c1.Brc1cccc(N(c2ccccc2)c2ccccc2)c1. The van der Waals surface area contributed by atoms with E-state index in [9.17, 15) is 0 Å². The van der Waals surface area contributed by atoms with Crippen molar-refractivity contribution in [1.29, 1.82) is 0 Å². The molecule has 0 atom stereocenters. The first-order valence-corrected chi connectivity index (χ1v) is 14.6. The fraction of sp³-hybridized carbons (Fsp3) is 0. The molecule has 0 saturated heterocycles.